The largest absolute Gasteiger partial charge is 0.294 e. The highest BCUT2D eigenvalue weighted by Gasteiger charge is 1.96. The van der Waals surface area contributed by atoms with Crippen molar-refractivity contribution in [3.8, 4) is 0 Å². The van der Waals surface area contributed by atoms with Gasteiger partial charge < -0.3 is 0 Å². The summed E-state index contributed by atoms with van der Waals surface area (Å²) in [5, 5.41) is 0. The minimum Gasteiger partial charge on any atom is -0.197 e. The Morgan fingerprint density at radius 3 is 1.17 bits per heavy atom. The first-order valence-electron chi connectivity index (χ1n) is 3.50. The number of hydrogen-bond acceptors (Lipinski definition) is 2. The summed E-state index contributed by atoms with van der Waals surface area (Å²) in [6, 6.07) is 12.0. The molecule has 3 nitrogen and oxygen atoms in total. The van der Waals surface area contributed by atoms with E-state index < -0.39 is 10.1 Å². The fourth-order valence-corrected chi connectivity index (χ4v) is 0.385. The van der Waals surface area contributed by atoms with Gasteiger partial charge in [-0.3, -0.25) is 0 Å². The van der Waals surface area contributed by atoms with Gasteiger partial charge in [-0.25, -0.2) is 0 Å². The van der Waals surface area contributed by atoms with E-state index in [1.54, 1.807) is 0 Å². The van der Waals surface area contributed by atoms with Crippen LogP contribution in [-0.4, -0.2) is 14.2 Å². The molecule has 1 radical (unpaired) electrons. The molecule has 12 heavy (non-hydrogen) atoms. The molecule has 0 saturated carbocycles. The molecular formula is C8H11O3S. The van der Waals surface area contributed by atoms with E-state index in [0.717, 1.165) is 0 Å². The summed E-state index contributed by atoms with van der Waals surface area (Å²) in [5.41, 5.74) is 0. The van der Waals surface area contributed by atoms with Crippen molar-refractivity contribution in [1.82, 2.24) is 0 Å². The summed E-state index contributed by atoms with van der Waals surface area (Å²) in [4.78, 5) is 0. The van der Waals surface area contributed by atoms with E-state index in [1.165, 1.54) is 6.92 Å². The van der Waals surface area contributed by atoms with Crippen molar-refractivity contribution in [2.75, 3.05) is 5.75 Å². The van der Waals surface area contributed by atoms with Crippen molar-refractivity contribution in [1.29, 1.82) is 0 Å². The van der Waals surface area contributed by atoms with Crippen molar-refractivity contribution in [3.05, 3.63) is 36.4 Å². The lowest BCUT2D eigenvalue weighted by atomic mass is 10.4. The van der Waals surface area contributed by atoms with Crippen LogP contribution in [0.1, 0.15) is 6.92 Å². The van der Waals surface area contributed by atoms with Gasteiger partial charge in [0.25, 0.3) is 10.1 Å². The fourth-order valence-electron chi connectivity index (χ4n) is 0.385. The van der Waals surface area contributed by atoms with Gasteiger partial charge in [0.1, 0.15) is 0 Å². The van der Waals surface area contributed by atoms with E-state index in [1.807, 2.05) is 36.4 Å². The first-order chi connectivity index (χ1) is 5.56. The summed E-state index contributed by atoms with van der Waals surface area (Å²) in [7, 11) is -3.91. The zero-order chi connectivity index (χ0) is 9.45. The predicted molar refractivity (Wildman–Crippen MR) is 46.6 cm³/mol. The van der Waals surface area contributed by atoms with Gasteiger partial charge in [-0.05, 0) is 6.92 Å². The first-order valence-corrected chi connectivity index (χ1v) is 5.07. The molecular weight excluding hydrogens is 176 g/mol. The number of rotatable bonds is 1. The van der Waals surface area contributed by atoms with Crippen LogP contribution in [-0.2, 0) is 14.7 Å². The average Bonchev–Trinajstić information content (AvgIpc) is 2.07. The van der Waals surface area contributed by atoms with Crippen LogP contribution in [0.5, 0.6) is 0 Å². The van der Waals surface area contributed by atoms with Crippen molar-refractivity contribution in [3.63, 3.8) is 0 Å². The Balaban J connectivity index is 0.000000202. The Morgan fingerprint density at radius 2 is 1.08 bits per heavy atom. The summed E-state index contributed by atoms with van der Waals surface area (Å²) in [6.45, 7) is 1.31. The molecule has 1 aromatic carbocycles. The summed E-state index contributed by atoms with van der Waals surface area (Å²) in [6.07, 6.45) is 0. The highest BCUT2D eigenvalue weighted by atomic mass is 32.2. The normalized spacial score (nSPS) is 9.83. The van der Waals surface area contributed by atoms with Gasteiger partial charge in [-0.15, -0.1) is 0 Å². The highest BCUT2D eigenvalue weighted by molar-refractivity contribution is 7.85. The van der Waals surface area contributed by atoms with Crippen LogP contribution < -0.4 is 0 Å². The molecule has 4 heteroatoms. The quantitative estimate of drug-likeness (QED) is 0.668. The zero-order valence-corrected chi connectivity index (χ0v) is 7.62. The predicted octanol–water partition coefficient (Wildman–Crippen LogP) is 1.45. The summed E-state index contributed by atoms with van der Waals surface area (Å²) < 4.78 is 28.3. The average molecular weight is 187 g/mol. The van der Waals surface area contributed by atoms with Gasteiger partial charge in [0.05, 0.1) is 5.75 Å². The van der Waals surface area contributed by atoms with Crippen LogP contribution in [0.4, 0.5) is 0 Å². The van der Waals surface area contributed by atoms with E-state index in [4.69, 9.17) is 0 Å². The first kappa shape index (κ1) is 11.1. The molecule has 1 aromatic rings. The van der Waals surface area contributed by atoms with Crippen LogP contribution in [0.25, 0.3) is 0 Å². The lowest BCUT2D eigenvalue weighted by Gasteiger charge is -1.75. The Labute approximate surface area is 72.8 Å². The Kier molecular flexibility index (Phi) is 5.32. The van der Waals surface area contributed by atoms with Crippen molar-refractivity contribution in [2.45, 2.75) is 6.92 Å². The second-order valence-corrected chi connectivity index (χ2v) is 3.69. The summed E-state index contributed by atoms with van der Waals surface area (Å²) >= 11 is 0. The molecule has 67 valence electrons. The Morgan fingerprint density at radius 1 is 0.917 bits per heavy atom. The number of benzene rings is 1. The Bertz CT molecular complexity index is 252. The van der Waals surface area contributed by atoms with Crippen LogP contribution in [0.2, 0.25) is 0 Å². The third-order valence-corrected chi connectivity index (χ3v) is 1.73. The minimum absolute atomic E-state index is 0.312. The van der Waals surface area contributed by atoms with Gasteiger partial charge in [0.15, 0.2) is 0 Å². The Hall–Kier alpha value is -0.870. The molecule has 0 heterocycles. The van der Waals surface area contributed by atoms with E-state index in [0.29, 0.717) is 0 Å². The van der Waals surface area contributed by atoms with Gasteiger partial charge in [0, 0.05) is 0 Å². The maximum absolute atomic E-state index is 9.44. The standard InChI is InChI=1S/C6H6.C2H5O3S/c1-2-4-6-5-3-1;1-2-6(3,4)5/h1-6H;2H2,1H3. The molecule has 0 N–H and O–H groups in total. The van der Waals surface area contributed by atoms with Gasteiger partial charge in [0.2, 0.25) is 0 Å². The molecule has 0 aliphatic rings. The number of hydrogen-bond donors (Lipinski definition) is 0. The highest BCUT2D eigenvalue weighted by Crippen LogP contribution is 1.79. The molecule has 0 amide bonds. The van der Waals surface area contributed by atoms with Crippen LogP contribution in [0.3, 0.4) is 0 Å². The van der Waals surface area contributed by atoms with Crippen LogP contribution >= 0.6 is 0 Å². The molecule has 1 rings (SSSR count). The van der Waals surface area contributed by atoms with Crippen LogP contribution in [0, 0.1) is 0 Å². The molecule has 0 aliphatic carbocycles. The zero-order valence-electron chi connectivity index (χ0n) is 6.80. The lowest BCUT2D eigenvalue weighted by molar-refractivity contribution is 0.415. The smallest absolute Gasteiger partial charge is 0.197 e. The molecule has 0 bridgehead atoms. The fraction of sp³-hybridized carbons (Fsp3) is 0.250. The second kappa shape index (κ2) is 5.74. The SMILES string of the molecule is CCS([O])(=O)=O.c1ccccc1. The van der Waals surface area contributed by atoms with Gasteiger partial charge in [-0.1, -0.05) is 41.0 Å². The van der Waals surface area contributed by atoms with Crippen molar-refractivity contribution in [2.24, 2.45) is 0 Å². The van der Waals surface area contributed by atoms with E-state index in [9.17, 15) is 13.0 Å². The maximum atomic E-state index is 9.44. The van der Waals surface area contributed by atoms with Crippen molar-refractivity contribution >= 4 is 10.1 Å². The molecule has 0 aromatic heterocycles. The lowest BCUT2D eigenvalue weighted by Crippen LogP contribution is -1.95. The topological polar surface area (TPSA) is 54.0 Å². The molecule has 0 saturated heterocycles. The molecule has 0 spiro atoms. The minimum atomic E-state index is -3.91. The molecule has 0 unspecified atom stereocenters. The van der Waals surface area contributed by atoms with Crippen molar-refractivity contribution < 1.29 is 13.0 Å². The van der Waals surface area contributed by atoms with E-state index in [-0.39, 0.29) is 5.75 Å². The molecule has 0 aliphatic heterocycles. The van der Waals surface area contributed by atoms with E-state index in [2.05, 4.69) is 0 Å². The monoisotopic (exact) mass is 187 g/mol. The third-order valence-electron chi connectivity index (χ3n) is 1.02. The third kappa shape index (κ3) is 9.13. The van der Waals surface area contributed by atoms with E-state index >= 15 is 0 Å². The van der Waals surface area contributed by atoms with Gasteiger partial charge in [-0.2, -0.15) is 8.42 Å². The maximum Gasteiger partial charge on any atom is 0.294 e. The second-order valence-electron chi connectivity index (χ2n) is 2.00. The van der Waals surface area contributed by atoms with Crippen LogP contribution in [0.15, 0.2) is 36.4 Å². The summed E-state index contributed by atoms with van der Waals surface area (Å²) in [5.74, 6) is -0.312. The molecule has 0 atom stereocenters. The molecule has 0 fully saturated rings. The van der Waals surface area contributed by atoms with Gasteiger partial charge >= 0.3 is 0 Å².